The minimum atomic E-state index is -3.61. The van der Waals surface area contributed by atoms with E-state index < -0.39 is 9.84 Å². The molecule has 1 aliphatic heterocycles. The minimum absolute atomic E-state index is 0.144. The first kappa shape index (κ1) is 17.1. The van der Waals surface area contributed by atoms with Gasteiger partial charge in [0.05, 0.1) is 15.3 Å². The number of benzene rings is 2. The highest BCUT2D eigenvalue weighted by Crippen LogP contribution is 2.33. The van der Waals surface area contributed by atoms with Crippen LogP contribution in [-0.2, 0) is 16.4 Å². The molecule has 0 bridgehead atoms. The van der Waals surface area contributed by atoms with Crippen molar-refractivity contribution in [2.75, 3.05) is 13.1 Å². The van der Waals surface area contributed by atoms with Gasteiger partial charge in [-0.2, -0.15) is 0 Å². The van der Waals surface area contributed by atoms with Crippen molar-refractivity contribution in [2.24, 2.45) is 5.92 Å². The molecule has 0 spiro atoms. The zero-order chi connectivity index (χ0) is 18.1. The molecule has 0 atom stereocenters. The molecule has 0 aliphatic carbocycles. The molecule has 2 aromatic carbocycles. The molecule has 5 nitrogen and oxygen atoms in total. The van der Waals surface area contributed by atoms with Crippen LogP contribution in [0, 0.1) is 5.92 Å². The van der Waals surface area contributed by atoms with Gasteiger partial charge in [0, 0.05) is 24.2 Å². The fourth-order valence-corrected chi connectivity index (χ4v) is 5.18. The van der Waals surface area contributed by atoms with Gasteiger partial charge in [-0.3, -0.25) is 0 Å². The highest BCUT2D eigenvalue weighted by molar-refractivity contribution is 7.91. The largest absolute Gasteiger partial charge is 0.508 e. The van der Waals surface area contributed by atoms with Crippen molar-refractivity contribution in [2.45, 2.75) is 29.2 Å². The summed E-state index contributed by atoms with van der Waals surface area (Å²) in [6.07, 6.45) is 3.87. The maximum atomic E-state index is 13.2. The van der Waals surface area contributed by atoms with Crippen molar-refractivity contribution < 1.29 is 13.5 Å². The summed E-state index contributed by atoms with van der Waals surface area (Å²) < 4.78 is 28.3. The Morgan fingerprint density at radius 3 is 2.54 bits per heavy atom. The zero-order valence-electron chi connectivity index (χ0n) is 14.4. The topological polar surface area (TPSA) is 71.3 Å². The highest BCUT2D eigenvalue weighted by Gasteiger charge is 2.24. The van der Waals surface area contributed by atoms with Crippen molar-refractivity contribution in [3.63, 3.8) is 0 Å². The van der Waals surface area contributed by atoms with Gasteiger partial charge in [-0.1, -0.05) is 18.2 Å². The highest BCUT2D eigenvalue weighted by atomic mass is 32.2. The van der Waals surface area contributed by atoms with Crippen LogP contribution < -0.4 is 5.32 Å². The predicted molar refractivity (Wildman–Crippen MR) is 101 cm³/mol. The summed E-state index contributed by atoms with van der Waals surface area (Å²) in [6.45, 7) is 2.74. The first-order valence-electron chi connectivity index (χ1n) is 8.88. The Kier molecular flexibility index (Phi) is 4.46. The van der Waals surface area contributed by atoms with Gasteiger partial charge in [0.2, 0.25) is 9.84 Å². The van der Waals surface area contributed by atoms with Crippen LogP contribution in [0.5, 0.6) is 5.75 Å². The summed E-state index contributed by atoms with van der Waals surface area (Å²) in [5, 5.41) is 13.9. The number of hydrogen-bond acceptors (Lipinski definition) is 4. The lowest BCUT2D eigenvalue weighted by Gasteiger charge is -2.23. The molecular weight excluding hydrogens is 348 g/mol. The molecule has 1 fully saturated rings. The second-order valence-electron chi connectivity index (χ2n) is 6.86. The van der Waals surface area contributed by atoms with Crippen molar-refractivity contribution in [1.29, 1.82) is 0 Å². The second kappa shape index (κ2) is 6.78. The van der Waals surface area contributed by atoms with E-state index in [2.05, 4.69) is 5.32 Å². The molecule has 0 unspecified atom stereocenters. The zero-order valence-corrected chi connectivity index (χ0v) is 15.2. The smallest absolute Gasteiger partial charge is 0.208 e. The van der Waals surface area contributed by atoms with Gasteiger partial charge in [0.1, 0.15) is 5.75 Å². The average molecular weight is 370 g/mol. The molecule has 0 amide bonds. The van der Waals surface area contributed by atoms with Crippen LogP contribution in [-0.4, -0.2) is 31.2 Å². The fourth-order valence-electron chi connectivity index (χ4n) is 3.68. The molecule has 136 valence electrons. The number of sulfone groups is 1. The van der Waals surface area contributed by atoms with Crippen molar-refractivity contribution in [1.82, 2.24) is 9.88 Å². The Hall–Kier alpha value is -2.31. The normalized spacial score (nSPS) is 16.2. The van der Waals surface area contributed by atoms with E-state index >= 15 is 0 Å². The number of aromatic hydroxyl groups is 1. The quantitative estimate of drug-likeness (QED) is 0.740. The minimum Gasteiger partial charge on any atom is -0.508 e. The molecular formula is C20H22N2O3S. The molecule has 0 radical (unpaired) electrons. The van der Waals surface area contributed by atoms with E-state index in [1.54, 1.807) is 54.7 Å². The van der Waals surface area contributed by atoms with Crippen LogP contribution in [0.15, 0.2) is 64.5 Å². The Balaban J connectivity index is 1.83. The number of hydrogen-bond donors (Lipinski definition) is 2. The maximum absolute atomic E-state index is 13.2. The van der Waals surface area contributed by atoms with Crippen molar-refractivity contribution in [3.8, 4) is 5.75 Å². The number of fused-ring (bicyclic) bond motifs is 1. The van der Waals surface area contributed by atoms with Crippen LogP contribution in [0.2, 0.25) is 0 Å². The van der Waals surface area contributed by atoms with E-state index in [4.69, 9.17) is 0 Å². The van der Waals surface area contributed by atoms with Gasteiger partial charge in [0.25, 0.3) is 0 Å². The van der Waals surface area contributed by atoms with Crippen molar-refractivity contribution >= 4 is 20.7 Å². The predicted octanol–water partition coefficient (Wildman–Crippen LogP) is 3.18. The van der Waals surface area contributed by atoms with Crippen LogP contribution in [0.4, 0.5) is 0 Å². The average Bonchev–Trinajstić information content (AvgIpc) is 3.02. The number of phenolic OH excluding ortho intramolecular Hbond substituents is 1. The van der Waals surface area contributed by atoms with Crippen LogP contribution >= 0.6 is 0 Å². The van der Waals surface area contributed by atoms with Crippen LogP contribution in [0.1, 0.15) is 12.8 Å². The Labute approximate surface area is 153 Å². The number of aromatic nitrogens is 1. The summed E-state index contributed by atoms with van der Waals surface area (Å²) in [5.41, 5.74) is 0.762. The number of nitrogens with one attached hydrogen (secondary N) is 1. The third-order valence-corrected chi connectivity index (χ3v) is 6.88. The third kappa shape index (κ3) is 3.10. The fraction of sp³-hybridized carbons (Fsp3) is 0.300. The van der Waals surface area contributed by atoms with Gasteiger partial charge in [0.15, 0.2) is 0 Å². The van der Waals surface area contributed by atoms with E-state index in [1.807, 2.05) is 4.57 Å². The lowest BCUT2D eigenvalue weighted by atomic mass is 9.98. The molecule has 26 heavy (non-hydrogen) atoms. The summed E-state index contributed by atoms with van der Waals surface area (Å²) in [4.78, 5) is 0.585. The molecule has 2 heterocycles. The van der Waals surface area contributed by atoms with E-state index in [1.165, 1.54) is 0 Å². The maximum Gasteiger partial charge on any atom is 0.208 e. The van der Waals surface area contributed by atoms with Gasteiger partial charge in [-0.05, 0) is 56.1 Å². The molecule has 0 saturated carbocycles. The molecule has 3 aromatic rings. The molecule has 6 heteroatoms. The molecule has 1 saturated heterocycles. The summed E-state index contributed by atoms with van der Waals surface area (Å²) in [6, 6.07) is 13.4. The molecule has 1 aromatic heterocycles. The number of rotatable bonds is 4. The van der Waals surface area contributed by atoms with E-state index in [0.717, 1.165) is 38.0 Å². The Morgan fingerprint density at radius 1 is 1.08 bits per heavy atom. The number of nitrogens with zero attached hydrogens (tertiary/aromatic N) is 1. The lowest BCUT2D eigenvalue weighted by Crippen LogP contribution is -2.29. The van der Waals surface area contributed by atoms with E-state index in [0.29, 0.717) is 16.2 Å². The van der Waals surface area contributed by atoms with E-state index in [9.17, 15) is 13.5 Å². The Bertz CT molecular complexity index is 1020. The van der Waals surface area contributed by atoms with Crippen molar-refractivity contribution in [3.05, 3.63) is 54.7 Å². The first-order valence-corrected chi connectivity index (χ1v) is 10.4. The van der Waals surface area contributed by atoms with Gasteiger partial charge >= 0.3 is 0 Å². The SMILES string of the molecule is O=S(=O)(c1ccccc1)c1cn(CC2CCNCC2)c2cc(O)ccc12. The Morgan fingerprint density at radius 2 is 1.81 bits per heavy atom. The van der Waals surface area contributed by atoms with Crippen LogP contribution in [0.25, 0.3) is 10.9 Å². The lowest BCUT2D eigenvalue weighted by molar-refractivity contribution is 0.336. The third-order valence-electron chi connectivity index (χ3n) is 5.09. The number of phenols is 1. The van der Waals surface area contributed by atoms with E-state index in [-0.39, 0.29) is 10.6 Å². The summed E-state index contributed by atoms with van der Waals surface area (Å²) in [7, 11) is -3.61. The molecule has 4 rings (SSSR count). The van der Waals surface area contributed by atoms with Gasteiger partial charge in [-0.25, -0.2) is 8.42 Å². The molecule has 1 aliphatic rings. The summed E-state index contributed by atoms with van der Waals surface area (Å²) >= 11 is 0. The summed E-state index contributed by atoms with van der Waals surface area (Å²) in [5.74, 6) is 0.646. The van der Waals surface area contributed by atoms with Gasteiger partial charge in [-0.15, -0.1) is 0 Å². The monoisotopic (exact) mass is 370 g/mol. The first-order chi connectivity index (χ1) is 12.6. The standard InChI is InChI=1S/C20H22N2O3S/c23-16-6-7-18-19(12-16)22(13-15-8-10-21-11-9-15)14-20(18)26(24,25)17-4-2-1-3-5-17/h1-7,12,14-15,21,23H,8-11,13H2. The van der Waals surface area contributed by atoms with Crippen LogP contribution in [0.3, 0.4) is 0 Å². The van der Waals surface area contributed by atoms with Gasteiger partial charge < -0.3 is 15.0 Å². The molecule has 2 N–H and O–H groups in total. The second-order valence-corrected chi connectivity index (χ2v) is 8.78. The number of piperidine rings is 1.